The van der Waals surface area contributed by atoms with Crippen LogP contribution in [0.3, 0.4) is 0 Å². The normalized spacial score (nSPS) is 24.9. The Labute approximate surface area is 91.4 Å². The van der Waals surface area contributed by atoms with E-state index in [1.54, 1.807) is 7.11 Å². The van der Waals surface area contributed by atoms with E-state index in [1.165, 1.54) is 5.57 Å². The first-order valence-corrected chi connectivity index (χ1v) is 5.57. The van der Waals surface area contributed by atoms with E-state index in [-0.39, 0.29) is 12.1 Å². The minimum atomic E-state index is -0.177. The molecule has 0 heterocycles. The molecule has 1 rings (SSSR count). The van der Waals surface area contributed by atoms with Gasteiger partial charge in [0, 0.05) is 12.7 Å². The Bertz CT molecular complexity index is 256. The summed E-state index contributed by atoms with van der Waals surface area (Å²) in [7, 11) is 1.73. The SMILES string of the molecule is CCOC(=O)C(C)=C1CCCC(OC)C1. The summed E-state index contributed by atoms with van der Waals surface area (Å²) < 4.78 is 10.3. The Morgan fingerprint density at radius 1 is 1.53 bits per heavy atom. The van der Waals surface area contributed by atoms with Gasteiger partial charge in [-0.15, -0.1) is 0 Å². The number of ether oxygens (including phenoxy) is 2. The Morgan fingerprint density at radius 3 is 2.87 bits per heavy atom. The van der Waals surface area contributed by atoms with E-state index < -0.39 is 0 Å². The Kier molecular flexibility index (Phi) is 4.82. The maximum Gasteiger partial charge on any atom is 0.333 e. The van der Waals surface area contributed by atoms with Crippen LogP contribution >= 0.6 is 0 Å². The second-order valence-electron chi connectivity index (χ2n) is 3.90. The maximum atomic E-state index is 11.5. The number of hydrogen-bond acceptors (Lipinski definition) is 3. The highest BCUT2D eigenvalue weighted by Gasteiger charge is 2.20. The predicted molar refractivity (Wildman–Crippen MR) is 58.6 cm³/mol. The molecule has 0 radical (unpaired) electrons. The molecule has 0 spiro atoms. The number of carbonyl (C=O) groups excluding carboxylic acids is 1. The minimum Gasteiger partial charge on any atom is -0.463 e. The number of methoxy groups -OCH3 is 1. The monoisotopic (exact) mass is 212 g/mol. The number of carbonyl (C=O) groups is 1. The van der Waals surface area contributed by atoms with Crippen LogP contribution in [-0.4, -0.2) is 25.8 Å². The van der Waals surface area contributed by atoms with Gasteiger partial charge in [0.2, 0.25) is 0 Å². The molecule has 1 atom stereocenters. The van der Waals surface area contributed by atoms with Crippen LogP contribution in [-0.2, 0) is 14.3 Å². The lowest BCUT2D eigenvalue weighted by atomic mass is 9.89. The molecule has 0 saturated heterocycles. The standard InChI is InChI=1S/C12H20O3/c1-4-15-12(13)9(2)10-6-5-7-11(8-10)14-3/h11H,4-8H2,1-3H3. The van der Waals surface area contributed by atoms with Crippen molar-refractivity contribution in [3.8, 4) is 0 Å². The molecule has 0 aromatic carbocycles. The number of hydrogen-bond donors (Lipinski definition) is 0. The van der Waals surface area contributed by atoms with Crippen molar-refractivity contribution in [2.45, 2.75) is 45.6 Å². The summed E-state index contributed by atoms with van der Waals surface area (Å²) in [5, 5.41) is 0. The molecule has 86 valence electrons. The largest absolute Gasteiger partial charge is 0.463 e. The van der Waals surface area contributed by atoms with Crippen molar-refractivity contribution in [2.24, 2.45) is 0 Å². The average molecular weight is 212 g/mol. The van der Waals surface area contributed by atoms with Gasteiger partial charge in [-0.05, 0) is 39.5 Å². The molecule has 1 aliphatic carbocycles. The van der Waals surface area contributed by atoms with Crippen LogP contribution in [0.5, 0.6) is 0 Å². The molecule has 1 saturated carbocycles. The van der Waals surface area contributed by atoms with Gasteiger partial charge < -0.3 is 9.47 Å². The highest BCUT2D eigenvalue weighted by molar-refractivity contribution is 5.88. The molecule has 0 amide bonds. The first-order valence-electron chi connectivity index (χ1n) is 5.57. The Hall–Kier alpha value is -0.830. The highest BCUT2D eigenvalue weighted by atomic mass is 16.5. The molecule has 0 N–H and O–H groups in total. The zero-order valence-electron chi connectivity index (χ0n) is 9.84. The summed E-state index contributed by atoms with van der Waals surface area (Å²) >= 11 is 0. The zero-order valence-corrected chi connectivity index (χ0v) is 9.84. The molecule has 0 aliphatic heterocycles. The van der Waals surface area contributed by atoms with Crippen molar-refractivity contribution in [3.63, 3.8) is 0 Å². The van der Waals surface area contributed by atoms with Crippen molar-refractivity contribution < 1.29 is 14.3 Å². The molecule has 0 aromatic heterocycles. The van der Waals surface area contributed by atoms with Gasteiger partial charge in [0.25, 0.3) is 0 Å². The van der Waals surface area contributed by atoms with Gasteiger partial charge in [-0.1, -0.05) is 5.57 Å². The zero-order chi connectivity index (χ0) is 11.3. The summed E-state index contributed by atoms with van der Waals surface area (Å²) in [5.74, 6) is -0.177. The molecule has 1 aliphatic rings. The van der Waals surface area contributed by atoms with Gasteiger partial charge in [-0.2, -0.15) is 0 Å². The smallest absolute Gasteiger partial charge is 0.333 e. The van der Waals surface area contributed by atoms with Crippen molar-refractivity contribution >= 4 is 5.97 Å². The van der Waals surface area contributed by atoms with E-state index >= 15 is 0 Å². The molecule has 15 heavy (non-hydrogen) atoms. The van der Waals surface area contributed by atoms with Crippen LogP contribution < -0.4 is 0 Å². The molecule has 1 unspecified atom stereocenters. The summed E-state index contributed by atoms with van der Waals surface area (Å²) in [6.45, 7) is 4.12. The van der Waals surface area contributed by atoms with Crippen molar-refractivity contribution in [1.29, 1.82) is 0 Å². The first-order chi connectivity index (χ1) is 7.19. The summed E-state index contributed by atoms with van der Waals surface area (Å²) in [5.41, 5.74) is 1.98. The van der Waals surface area contributed by atoms with Gasteiger partial charge >= 0.3 is 5.97 Å². The van der Waals surface area contributed by atoms with Crippen molar-refractivity contribution in [3.05, 3.63) is 11.1 Å². The predicted octanol–water partition coefficient (Wildman–Crippen LogP) is 2.46. The second-order valence-corrected chi connectivity index (χ2v) is 3.90. The lowest BCUT2D eigenvalue weighted by Crippen LogP contribution is -2.19. The molecule has 1 fully saturated rings. The lowest BCUT2D eigenvalue weighted by molar-refractivity contribution is -0.138. The molecule has 0 bridgehead atoms. The summed E-state index contributed by atoms with van der Waals surface area (Å²) in [6.07, 6.45) is 4.35. The number of rotatable bonds is 3. The van der Waals surface area contributed by atoms with E-state index in [0.717, 1.165) is 31.3 Å². The fraction of sp³-hybridized carbons (Fsp3) is 0.750. The fourth-order valence-electron chi connectivity index (χ4n) is 1.95. The van der Waals surface area contributed by atoms with Crippen LogP contribution in [0.4, 0.5) is 0 Å². The molecule has 3 heteroatoms. The topological polar surface area (TPSA) is 35.5 Å². The maximum absolute atomic E-state index is 11.5. The third-order valence-electron chi connectivity index (χ3n) is 2.92. The van der Waals surface area contributed by atoms with Crippen LogP contribution in [0.2, 0.25) is 0 Å². The van der Waals surface area contributed by atoms with Gasteiger partial charge in [0.15, 0.2) is 0 Å². The molecule has 0 aromatic rings. The van der Waals surface area contributed by atoms with Crippen molar-refractivity contribution in [2.75, 3.05) is 13.7 Å². The third-order valence-corrected chi connectivity index (χ3v) is 2.92. The van der Waals surface area contributed by atoms with Crippen molar-refractivity contribution in [1.82, 2.24) is 0 Å². The molecular formula is C12H20O3. The van der Waals surface area contributed by atoms with E-state index in [9.17, 15) is 4.79 Å². The van der Waals surface area contributed by atoms with Gasteiger partial charge in [0.1, 0.15) is 0 Å². The summed E-state index contributed by atoms with van der Waals surface area (Å²) in [4.78, 5) is 11.5. The highest BCUT2D eigenvalue weighted by Crippen LogP contribution is 2.28. The van der Waals surface area contributed by atoms with E-state index in [2.05, 4.69) is 0 Å². The quantitative estimate of drug-likeness (QED) is 0.532. The third kappa shape index (κ3) is 3.34. The average Bonchev–Trinajstić information content (AvgIpc) is 2.28. The van der Waals surface area contributed by atoms with Crippen LogP contribution in [0, 0.1) is 0 Å². The lowest BCUT2D eigenvalue weighted by Gasteiger charge is -2.24. The van der Waals surface area contributed by atoms with Crippen LogP contribution in [0.25, 0.3) is 0 Å². The second kappa shape index (κ2) is 5.91. The fourth-order valence-corrected chi connectivity index (χ4v) is 1.95. The summed E-state index contributed by atoms with van der Waals surface area (Å²) in [6, 6.07) is 0. The minimum absolute atomic E-state index is 0.177. The van der Waals surface area contributed by atoms with Gasteiger partial charge in [-0.3, -0.25) is 0 Å². The Morgan fingerprint density at radius 2 is 2.27 bits per heavy atom. The molecular weight excluding hydrogens is 192 g/mol. The van der Waals surface area contributed by atoms with Gasteiger partial charge in [-0.25, -0.2) is 4.79 Å². The Balaban J connectivity index is 2.66. The van der Waals surface area contributed by atoms with E-state index in [4.69, 9.17) is 9.47 Å². The first kappa shape index (κ1) is 12.2. The van der Waals surface area contributed by atoms with E-state index in [1.807, 2.05) is 13.8 Å². The number of esters is 1. The van der Waals surface area contributed by atoms with E-state index in [0.29, 0.717) is 6.61 Å². The van der Waals surface area contributed by atoms with Gasteiger partial charge in [0.05, 0.1) is 12.7 Å². The molecule has 3 nitrogen and oxygen atoms in total. The van der Waals surface area contributed by atoms with Crippen LogP contribution in [0.15, 0.2) is 11.1 Å². The van der Waals surface area contributed by atoms with Crippen LogP contribution in [0.1, 0.15) is 39.5 Å².